The minimum Gasteiger partial charge on any atom is -0.496 e. The summed E-state index contributed by atoms with van der Waals surface area (Å²) in [4.78, 5) is 11.9. The Hall–Kier alpha value is -1.92. The van der Waals surface area contributed by atoms with Crippen molar-refractivity contribution in [3.63, 3.8) is 0 Å². The SMILES string of the molecule is COc1ccccc1CNC(=O)N[C@@H]1CCC[C@H](C(F)(F)F)C1. The van der Waals surface area contributed by atoms with E-state index in [9.17, 15) is 18.0 Å². The van der Waals surface area contributed by atoms with Crippen LogP contribution in [0.25, 0.3) is 0 Å². The number of nitrogens with one attached hydrogen (secondary N) is 2. The molecule has 2 atom stereocenters. The van der Waals surface area contributed by atoms with E-state index in [0.717, 1.165) is 5.56 Å². The Morgan fingerprint density at radius 2 is 2.04 bits per heavy atom. The van der Waals surface area contributed by atoms with Crippen LogP contribution in [-0.2, 0) is 6.54 Å². The second-order valence-corrected chi connectivity index (χ2v) is 5.74. The third kappa shape index (κ3) is 5.04. The predicted octanol–water partition coefficient (Wildman–Crippen LogP) is 3.62. The van der Waals surface area contributed by atoms with Gasteiger partial charge in [-0.1, -0.05) is 24.6 Å². The highest BCUT2D eigenvalue weighted by atomic mass is 19.4. The molecule has 1 aromatic carbocycles. The zero-order chi connectivity index (χ0) is 16.9. The lowest BCUT2D eigenvalue weighted by molar-refractivity contribution is -0.183. The highest BCUT2D eigenvalue weighted by Crippen LogP contribution is 2.37. The summed E-state index contributed by atoms with van der Waals surface area (Å²) in [6.07, 6.45) is -3.04. The van der Waals surface area contributed by atoms with Gasteiger partial charge < -0.3 is 15.4 Å². The molecule has 0 radical (unpaired) electrons. The topological polar surface area (TPSA) is 50.4 Å². The molecule has 128 valence electrons. The van der Waals surface area contributed by atoms with Crippen LogP contribution in [0.3, 0.4) is 0 Å². The van der Waals surface area contributed by atoms with E-state index in [0.29, 0.717) is 18.6 Å². The fourth-order valence-electron chi connectivity index (χ4n) is 2.88. The molecule has 1 aliphatic rings. The van der Waals surface area contributed by atoms with E-state index in [4.69, 9.17) is 4.74 Å². The van der Waals surface area contributed by atoms with Gasteiger partial charge in [-0.05, 0) is 25.3 Å². The number of hydrogen-bond acceptors (Lipinski definition) is 2. The average Bonchev–Trinajstić information content (AvgIpc) is 2.52. The lowest BCUT2D eigenvalue weighted by Crippen LogP contribution is -2.45. The number of benzene rings is 1. The molecule has 1 aromatic rings. The van der Waals surface area contributed by atoms with Crippen molar-refractivity contribution in [3.05, 3.63) is 29.8 Å². The van der Waals surface area contributed by atoms with Gasteiger partial charge in [0.1, 0.15) is 5.75 Å². The van der Waals surface area contributed by atoms with Crippen molar-refractivity contribution < 1.29 is 22.7 Å². The molecule has 0 unspecified atom stereocenters. The molecule has 4 nitrogen and oxygen atoms in total. The monoisotopic (exact) mass is 330 g/mol. The molecule has 0 saturated heterocycles. The Kier molecular flexibility index (Phi) is 5.74. The third-order valence-corrected chi connectivity index (χ3v) is 4.10. The maximum Gasteiger partial charge on any atom is 0.391 e. The van der Waals surface area contributed by atoms with Crippen molar-refractivity contribution >= 4 is 6.03 Å². The molecule has 0 aromatic heterocycles. The largest absolute Gasteiger partial charge is 0.496 e. The van der Waals surface area contributed by atoms with Crippen molar-refractivity contribution in [2.45, 2.75) is 44.4 Å². The Morgan fingerprint density at radius 1 is 1.30 bits per heavy atom. The standard InChI is InChI=1S/C16H21F3N2O2/c1-23-14-8-3-2-5-11(14)10-20-15(22)21-13-7-4-6-12(9-13)16(17,18)19/h2-3,5,8,12-13H,4,6-7,9-10H2,1H3,(H2,20,21,22)/t12-,13+/m0/s1. The van der Waals surface area contributed by atoms with E-state index in [2.05, 4.69) is 10.6 Å². The van der Waals surface area contributed by atoms with E-state index in [-0.39, 0.29) is 19.4 Å². The first-order valence-corrected chi connectivity index (χ1v) is 7.63. The average molecular weight is 330 g/mol. The molecule has 0 bridgehead atoms. The normalized spacial score (nSPS) is 21.6. The Labute approximate surface area is 133 Å². The van der Waals surface area contributed by atoms with Crippen LogP contribution in [0.4, 0.5) is 18.0 Å². The second-order valence-electron chi connectivity index (χ2n) is 5.74. The molecular formula is C16H21F3N2O2. The van der Waals surface area contributed by atoms with Gasteiger partial charge in [-0.15, -0.1) is 0 Å². The molecule has 1 saturated carbocycles. The van der Waals surface area contributed by atoms with E-state index in [1.165, 1.54) is 7.11 Å². The Morgan fingerprint density at radius 3 is 2.74 bits per heavy atom. The van der Waals surface area contributed by atoms with E-state index in [1.807, 2.05) is 18.2 Å². The van der Waals surface area contributed by atoms with Gasteiger partial charge in [0.05, 0.1) is 13.0 Å². The van der Waals surface area contributed by atoms with Crippen LogP contribution in [0.5, 0.6) is 5.75 Å². The van der Waals surface area contributed by atoms with Gasteiger partial charge >= 0.3 is 12.2 Å². The molecule has 1 aliphatic carbocycles. The van der Waals surface area contributed by atoms with Crippen molar-refractivity contribution in [3.8, 4) is 5.75 Å². The van der Waals surface area contributed by atoms with Crippen LogP contribution in [0.1, 0.15) is 31.2 Å². The number of carbonyl (C=O) groups is 1. The number of amides is 2. The number of halogens is 3. The summed E-state index contributed by atoms with van der Waals surface area (Å²) in [6.45, 7) is 0.255. The van der Waals surface area contributed by atoms with Gasteiger partial charge in [0, 0.05) is 18.2 Å². The zero-order valence-corrected chi connectivity index (χ0v) is 13.0. The quantitative estimate of drug-likeness (QED) is 0.886. The van der Waals surface area contributed by atoms with Gasteiger partial charge in [0.2, 0.25) is 0 Å². The van der Waals surface area contributed by atoms with E-state index in [1.54, 1.807) is 6.07 Å². The van der Waals surface area contributed by atoms with Crippen LogP contribution >= 0.6 is 0 Å². The predicted molar refractivity (Wildman–Crippen MR) is 80.2 cm³/mol. The maximum absolute atomic E-state index is 12.8. The summed E-state index contributed by atoms with van der Waals surface area (Å²) in [6, 6.07) is 6.36. The Bertz CT molecular complexity index is 534. The molecular weight excluding hydrogens is 309 g/mol. The lowest BCUT2D eigenvalue weighted by Gasteiger charge is -2.31. The van der Waals surface area contributed by atoms with Crippen LogP contribution in [-0.4, -0.2) is 25.4 Å². The number of rotatable bonds is 4. The molecule has 0 heterocycles. The number of ether oxygens (including phenoxy) is 1. The number of carbonyl (C=O) groups excluding carboxylic acids is 1. The van der Waals surface area contributed by atoms with Gasteiger partial charge in [-0.3, -0.25) is 0 Å². The third-order valence-electron chi connectivity index (χ3n) is 4.10. The fraction of sp³-hybridized carbons (Fsp3) is 0.562. The molecule has 0 aliphatic heterocycles. The smallest absolute Gasteiger partial charge is 0.391 e. The van der Waals surface area contributed by atoms with Gasteiger partial charge in [-0.25, -0.2) is 4.79 Å². The summed E-state index contributed by atoms with van der Waals surface area (Å²) in [5.41, 5.74) is 0.807. The highest BCUT2D eigenvalue weighted by molar-refractivity contribution is 5.74. The maximum atomic E-state index is 12.8. The van der Waals surface area contributed by atoms with Crippen LogP contribution < -0.4 is 15.4 Å². The van der Waals surface area contributed by atoms with Crippen molar-refractivity contribution in [1.29, 1.82) is 0 Å². The summed E-state index contributed by atoms with van der Waals surface area (Å²) in [7, 11) is 1.54. The first kappa shape index (κ1) is 17.4. The summed E-state index contributed by atoms with van der Waals surface area (Å²) in [5.74, 6) is -0.668. The highest BCUT2D eigenvalue weighted by Gasteiger charge is 2.42. The van der Waals surface area contributed by atoms with E-state index >= 15 is 0 Å². The minimum absolute atomic E-state index is 0.0500. The number of alkyl halides is 3. The second kappa shape index (κ2) is 7.57. The lowest BCUT2D eigenvalue weighted by atomic mass is 9.85. The summed E-state index contributed by atoms with van der Waals surface area (Å²) in [5, 5.41) is 5.30. The number of urea groups is 1. The van der Waals surface area contributed by atoms with Crippen molar-refractivity contribution in [2.75, 3.05) is 7.11 Å². The summed E-state index contributed by atoms with van der Waals surface area (Å²) >= 11 is 0. The molecule has 1 fully saturated rings. The van der Waals surface area contributed by atoms with Crippen molar-refractivity contribution in [1.82, 2.24) is 10.6 Å². The first-order chi connectivity index (χ1) is 10.9. The number of methoxy groups -OCH3 is 1. The van der Waals surface area contributed by atoms with Crippen LogP contribution in [0, 0.1) is 5.92 Å². The van der Waals surface area contributed by atoms with Crippen LogP contribution in [0.15, 0.2) is 24.3 Å². The van der Waals surface area contributed by atoms with Crippen molar-refractivity contribution in [2.24, 2.45) is 5.92 Å². The van der Waals surface area contributed by atoms with Gasteiger partial charge in [0.25, 0.3) is 0 Å². The molecule has 23 heavy (non-hydrogen) atoms. The molecule has 0 spiro atoms. The van der Waals surface area contributed by atoms with Gasteiger partial charge in [-0.2, -0.15) is 13.2 Å². The Balaban J connectivity index is 1.83. The molecule has 2 N–H and O–H groups in total. The van der Waals surface area contributed by atoms with Crippen LogP contribution in [0.2, 0.25) is 0 Å². The fourth-order valence-corrected chi connectivity index (χ4v) is 2.88. The number of hydrogen-bond donors (Lipinski definition) is 2. The molecule has 2 amide bonds. The molecule has 2 rings (SSSR count). The summed E-state index contributed by atoms with van der Waals surface area (Å²) < 4.78 is 43.5. The van der Waals surface area contributed by atoms with E-state index < -0.39 is 24.2 Å². The number of para-hydroxylation sites is 1. The molecule has 7 heteroatoms. The van der Waals surface area contributed by atoms with Gasteiger partial charge in [0.15, 0.2) is 0 Å². The zero-order valence-electron chi connectivity index (χ0n) is 13.0. The first-order valence-electron chi connectivity index (χ1n) is 7.63. The minimum atomic E-state index is -4.19.